The maximum absolute atomic E-state index is 14.7. The molecule has 3 heterocycles. The second-order valence-corrected chi connectivity index (χ2v) is 13.8. The van der Waals surface area contributed by atoms with Gasteiger partial charge in [-0.15, -0.1) is 0 Å². The smallest absolute Gasteiger partial charge is 0.340 e. The molecule has 5 aromatic carbocycles. The van der Waals surface area contributed by atoms with Crippen LogP contribution < -0.4 is 0 Å². The van der Waals surface area contributed by atoms with Gasteiger partial charge < -0.3 is 9.64 Å². The van der Waals surface area contributed by atoms with Gasteiger partial charge in [0.2, 0.25) is 0 Å². The number of ether oxygens (including phenoxy) is 1. The van der Waals surface area contributed by atoms with E-state index in [4.69, 9.17) is 14.7 Å². The summed E-state index contributed by atoms with van der Waals surface area (Å²) in [6, 6.07) is 25.1. The number of methoxy groups -OCH3 is 1. The highest BCUT2D eigenvalue weighted by molar-refractivity contribution is 6.38. The minimum atomic E-state index is -0.609. The van der Waals surface area contributed by atoms with Gasteiger partial charge in [-0.05, 0) is 43.0 Å². The molecule has 9 heteroatoms. The largest absolute Gasteiger partial charge is 0.465 e. The standard InChI is InChI=1S/C44H38N4O5/c1-4-5-9-21-47(25-28-14-12-26(2)13-15-28)41(49)31-18-16-30-38-36(31)34(44(52)53-3)24-46-40(38)29-17-19-32-35-33(23-45-39(30)37(29)35)43(51)48(42(32)50)22-20-27-10-7-6-8-11-27/h6-8,10-19,23-24H,4-5,9,20-22,25H2,1-3H3. The maximum Gasteiger partial charge on any atom is 0.340 e. The molecule has 7 aromatic rings. The Labute approximate surface area is 306 Å². The summed E-state index contributed by atoms with van der Waals surface area (Å²) in [6.45, 7) is 5.36. The predicted octanol–water partition coefficient (Wildman–Crippen LogP) is 8.29. The summed E-state index contributed by atoms with van der Waals surface area (Å²) in [5.41, 5.74) is 5.59. The summed E-state index contributed by atoms with van der Waals surface area (Å²) in [6.07, 6.45) is 6.36. The maximum atomic E-state index is 14.7. The Hall–Kier alpha value is -6.22. The van der Waals surface area contributed by atoms with E-state index in [0.717, 1.165) is 36.0 Å². The van der Waals surface area contributed by atoms with Gasteiger partial charge in [-0.2, -0.15) is 0 Å². The van der Waals surface area contributed by atoms with Crippen LogP contribution in [0.1, 0.15) is 84.3 Å². The number of esters is 1. The third-order valence-corrected chi connectivity index (χ3v) is 10.4. The fraction of sp³-hybridized carbons (Fsp3) is 0.227. The van der Waals surface area contributed by atoms with Crippen molar-refractivity contribution in [2.45, 2.75) is 46.1 Å². The zero-order valence-corrected chi connectivity index (χ0v) is 29.9. The molecule has 1 aliphatic heterocycles. The molecule has 3 amide bonds. The van der Waals surface area contributed by atoms with Gasteiger partial charge >= 0.3 is 5.97 Å². The van der Waals surface area contributed by atoms with Crippen molar-refractivity contribution in [2.75, 3.05) is 20.2 Å². The summed E-state index contributed by atoms with van der Waals surface area (Å²) in [5.74, 6) is -1.56. The van der Waals surface area contributed by atoms with Crippen LogP contribution in [0.5, 0.6) is 0 Å². The van der Waals surface area contributed by atoms with Crippen molar-refractivity contribution >= 4 is 67.0 Å². The molecule has 0 saturated carbocycles. The lowest BCUT2D eigenvalue weighted by Crippen LogP contribution is -2.41. The van der Waals surface area contributed by atoms with E-state index >= 15 is 0 Å². The summed E-state index contributed by atoms with van der Waals surface area (Å²) >= 11 is 0. The van der Waals surface area contributed by atoms with Crippen molar-refractivity contribution in [3.05, 3.63) is 130 Å². The van der Waals surface area contributed by atoms with Gasteiger partial charge in [0.1, 0.15) is 0 Å². The average Bonchev–Trinajstić information content (AvgIpc) is 3.19. The molecule has 2 aromatic heterocycles. The lowest BCUT2D eigenvalue weighted by Gasteiger charge is -2.28. The van der Waals surface area contributed by atoms with Gasteiger partial charge in [0, 0.05) is 75.5 Å². The molecule has 0 unspecified atom stereocenters. The highest BCUT2D eigenvalue weighted by Crippen LogP contribution is 2.44. The SMILES string of the molecule is CCCCCN(Cc1ccc(C)cc1)C(=O)c1ccc2c3ncc4c5c(ccc(c6ncc(C(=O)OC)c1c26)c53)C(=O)N(CCc1ccccc1)C4=O. The predicted molar refractivity (Wildman–Crippen MR) is 206 cm³/mol. The van der Waals surface area contributed by atoms with Gasteiger partial charge in [0.05, 0.1) is 29.3 Å². The summed E-state index contributed by atoms with van der Waals surface area (Å²) in [4.78, 5) is 68.7. The molecule has 0 spiro atoms. The second kappa shape index (κ2) is 13.7. The van der Waals surface area contributed by atoms with E-state index in [1.165, 1.54) is 18.2 Å². The molecule has 8 rings (SSSR count). The first-order valence-electron chi connectivity index (χ1n) is 18.1. The number of carbonyl (C=O) groups is 4. The van der Waals surface area contributed by atoms with Crippen molar-refractivity contribution in [1.29, 1.82) is 0 Å². The zero-order valence-electron chi connectivity index (χ0n) is 29.9. The highest BCUT2D eigenvalue weighted by atomic mass is 16.5. The average molecular weight is 703 g/mol. The molecule has 264 valence electrons. The number of fused-ring (bicyclic) bond motifs is 2. The first kappa shape index (κ1) is 33.9. The van der Waals surface area contributed by atoms with Crippen LogP contribution in [-0.2, 0) is 17.7 Å². The van der Waals surface area contributed by atoms with Crippen molar-refractivity contribution < 1.29 is 23.9 Å². The molecule has 0 saturated heterocycles. The molecule has 0 atom stereocenters. The van der Waals surface area contributed by atoms with Crippen LogP contribution in [0.25, 0.3) is 43.4 Å². The Kier molecular flexibility index (Phi) is 8.78. The number of aromatic nitrogens is 2. The number of aryl methyl sites for hydroxylation is 1. The number of imide groups is 1. The lowest BCUT2D eigenvalue weighted by atomic mass is 9.87. The number of carbonyl (C=O) groups excluding carboxylic acids is 4. The molecule has 1 aliphatic rings. The third kappa shape index (κ3) is 5.73. The Balaban J connectivity index is 1.30. The Morgan fingerprint density at radius 3 is 2.11 bits per heavy atom. The quantitative estimate of drug-likeness (QED) is 0.0439. The molecule has 0 radical (unpaired) electrons. The first-order chi connectivity index (χ1) is 25.8. The zero-order chi connectivity index (χ0) is 36.8. The van der Waals surface area contributed by atoms with Gasteiger partial charge in [-0.25, -0.2) is 4.79 Å². The number of amides is 3. The Morgan fingerprint density at radius 1 is 0.717 bits per heavy atom. The fourth-order valence-corrected chi connectivity index (χ4v) is 7.72. The minimum absolute atomic E-state index is 0.175. The van der Waals surface area contributed by atoms with Crippen molar-refractivity contribution in [3.8, 4) is 0 Å². The van der Waals surface area contributed by atoms with Gasteiger partial charge in [0.15, 0.2) is 0 Å². The number of hydrogen-bond donors (Lipinski definition) is 0. The van der Waals surface area contributed by atoms with Crippen molar-refractivity contribution in [1.82, 2.24) is 19.8 Å². The normalized spacial score (nSPS) is 12.8. The number of pyridine rings is 2. The van der Waals surface area contributed by atoms with E-state index in [1.54, 1.807) is 18.3 Å². The van der Waals surface area contributed by atoms with Crippen LogP contribution in [0, 0.1) is 6.92 Å². The Bertz CT molecular complexity index is 2510. The van der Waals surface area contributed by atoms with Crippen LogP contribution in [0.15, 0.2) is 91.3 Å². The van der Waals surface area contributed by atoms with Gasteiger partial charge in [-0.3, -0.25) is 29.3 Å². The third-order valence-electron chi connectivity index (χ3n) is 10.4. The molecule has 0 bridgehead atoms. The van der Waals surface area contributed by atoms with Crippen LogP contribution in [0.4, 0.5) is 0 Å². The number of unbranched alkanes of at least 4 members (excludes halogenated alkanes) is 2. The van der Waals surface area contributed by atoms with Crippen LogP contribution in [0.3, 0.4) is 0 Å². The molecule has 0 fully saturated rings. The molecular formula is C44H38N4O5. The molecule has 0 N–H and O–H groups in total. The van der Waals surface area contributed by atoms with Crippen molar-refractivity contribution in [3.63, 3.8) is 0 Å². The topological polar surface area (TPSA) is 110 Å². The van der Waals surface area contributed by atoms with E-state index in [1.807, 2.05) is 78.6 Å². The van der Waals surface area contributed by atoms with E-state index in [2.05, 4.69) is 6.92 Å². The summed E-state index contributed by atoms with van der Waals surface area (Å²) in [5, 5.41) is 3.55. The molecular weight excluding hydrogens is 665 g/mol. The van der Waals surface area contributed by atoms with E-state index in [9.17, 15) is 19.2 Å². The first-order valence-corrected chi connectivity index (χ1v) is 18.1. The Morgan fingerprint density at radius 2 is 1.40 bits per heavy atom. The number of rotatable bonds is 11. The summed E-state index contributed by atoms with van der Waals surface area (Å²) in [7, 11) is 1.31. The second-order valence-electron chi connectivity index (χ2n) is 13.8. The van der Waals surface area contributed by atoms with Crippen LogP contribution >= 0.6 is 0 Å². The number of nitrogens with zero attached hydrogens (tertiary/aromatic N) is 4. The number of benzene rings is 5. The van der Waals surface area contributed by atoms with Crippen LogP contribution in [0.2, 0.25) is 0 Å². The highest BCUT2D eigenvalue weighted by Gasteiger charge is 2.35. The molecule has 0 aliphatic carbocycles. The van der Waals surface area contributed by atoms with Gasteiger partial charge in [0.25, 0.3) is 17.7 Å². The van der Waals surface area contributed by atoms with E-state index in [0.29, 0.717) is 79.6 Å². The monoisotopic (exact) mass is 702 g/mol. The van der Waals surface area contributed by atoms with E-state index in [-0.39, 0.29) is 23.9 Å². The number of hydrogen-bond acceptors (Lipinski definition) is 7. The summed E-state index contributed by atoms with van der Waals surface area (Å²) < 4.78 is 5.22. The molecule has 53 heavy (non-hydrogen) atoms. The fourth-order valence-electron chi connectivity index (χ4n) is 7.72. The minimum Gasteiger partial charge on any atom is -0.465 e. The lowest BCUT2D eigenvalue weighted by molar-refractivity contribution is 0.0594. The van der Waals surface area contributed by atoms with E-state index < -0.39 is 11.9 Å². The van der Waals surface area contributed by atoms with Crippen LogP contribution in [-0.4, -0.2) is 63.7 Å². The van der Waals surface area contributed by atoms with Crippen molar-refractivity contribution in [2.24, 2.45) is 0 Å². The molecule has 9 nitrogen and oxygen atoms in total. The van der Waals surface area contributed by atoms with Gasteiger partial charge in [-0.1, -0.05) is 92.1 Å².